The Kier molecular flexibility index (Phi) is 3.44. The van der Waals surface area contributed by atoms with Crippen LogP contribution >= 0.6 is 0 Å². The summed E-state index contributed by atoms with van der Waals surface area (Å²) >= 11 is 0. The Hall–Kier alpha value is -6.18. The summed E-state index contributed by atoms with van der Waals surface area (Å²) in [4.78, 5) is 0. The molecule has 1 nitrogen and oxygen atoms in total. The Morgan fingerprint density at radius 2 is 1.06 bits per heavy atom. The van der Waals surface area contributed by atoms with E-state index in [-0.39, 0.29) is 62.0 Å². The molecule has 0 atom stereocenters. The predicted molar refractivity (Wildman–Crippen MR) is 200 cm³/mol. The first-order valence-corrected chi connectivity index (χ1v) is 15.0. The second kappa shape index (κ2) is 10.2. The van der Waals surface area contributed by atoms with Gasteiger partial charge in [0, 0.05) is 16.2 Å². The van der Waals surface area contributed by atoms with Gasteiger partial charge in [-0.2, -0.15) is 0 Å². The van der Waals surface area contributed by atoms with Gasteiger partial charge >= 0.3 is 0 Å². The van der Waals surface area contributed by atoms with Gasteiger partial charge in [-0.25, -0.2) is 0 Å². The molecule has 0 aliphatic carbocycles. The van der Waals surface area contributed by atoms with Crippen molar-refractivity contribution in [1.82, 2.24) is 0 Å². The van der Waals surface area contributed by atoms with Crippen LogP contribution in [0.5, 0.6) is 0 Å². The molecule has 47 heavy (non-hydrogen) atoms. The summed E-state index contributed by atoms with van der Waals surface area (Å²) in [6, 6.07) is 19.7. The van der Waals surface area contributed by atoms with Crippen molar-refractivity contribution < 1.29 is 23.6 Å². The van der Waals surface area contributed by atoms with Crippen molar-refractivity contribution in [3.05, 3.63) is 170 Å². The fourth-order valence-corrected chi connectivity index (χ4v) is 6.91. The zero-order valence-electron chi connectivity index (χ0n) is 38.5. The molecule has 0 bridgehead atoms. The maximum Gasteiger partial charge on any atom is 0.143 e. The third-order valence-corrected chi connectivity index (χ3v) is 8.85. The molecule has 0 fully saturated rings. The molecule has 10 aromatic rings. The lowest BCUT2D eigenvalue weighted by Crippen LogP contribution is -1.92. The van der Waals surface area contributed by atoms with E-state index in [1.54, 1.807) is 0 Å². The first kappa shape index (κ1) is 15.9. The van der Waals surface area contributed by atoms with Gasteiger partial charge in [-0.3, -0.25) is 0 Å². The van der Waals surface area contributed by atoms with E-state index in [9.17, 15) is 2.74 Å². The molecule has 1 heterocycles. The molecule has 10 rings (SSSR count). The minimum atomic E-state index is -0.575. The summed E-state index contributed by atoms with van der Waals surface area (Å²) in [5, 5.41) is 3.73. The molecular formula is C46H28O. The van der Waals surface area contributed by atoms with Crippen molar-refractivity contribution in [3.63, 3.8) is 0 Å². The standard InChI is InChI=1S/C46H28O/c1-2-13-29(14-3-1)41-28-32(27-31-16-5-6-17-33(31)41)43-35-19-8-10-21-37(35)44(38-22-11-9-20-36(38)43)39-23-12-24-42-45(39)40-26-25-30-15-4-7-18-34(30)46(40)47-42/h1-28H/i1D,2D,3D,4D,7D,12D,13D,14D,15D,18D,23D,24D,25D,26D. The number of hydrogen-bond acceptors (Lipinski definition) is 1. The molecule has 0 saturated carbocycles. The molecule has 0 aliphatic heterocycles. The molecule has 0 N–H and O–H groups in total. The van der Waals surface area contributed by atoms with Crippen molar-refractivity contribution in [2.24, 2.45) is 0 Å². The molecule has 0 spiro atoms. The molecule has 0 aliphatic rings. The SMILES string of the molecule is [2H]c1c([2H])c([2H])c(-c2cc(-c3c4ccccc4c(-c4c([2H])c([2H])c([2H])c5oc6c7c([2H])c([2H])c([2H])c([2H])c7c([2H])c([2H])c6c45)c4ccccc34)cc3ccccc23)c([2H])c1[2H]. The topological polar surface area (TPSA) is 13.1 Å². The van der Waals surface area contributed by atoms with Crippen LogP contribution in [0.2, 0.25) is 0 Å². The first-order chi connectivity index (χ1) is 29.1. The lowest BCUT2D eigenvalue weighted by Gasteiger charge is -2.19. The second-order valence-electron chi connectivity index (χ2n) is 11.3. The molecule has 0 amide bonds. The summed E-state index contributed by atoms with van der Waals surface area (Å²) < 4.78 is 129. The summed E-state index contributed by atoms with van der Waals surface area (Å²) in [6.45, 7) is 0. The van der Waals surface area contributed by atoms with Crippen LogP contribution in [0.15, 0.2) is 174 Å². The molecular weight excluding hydrogens is 569 g/mol. The van der Waals surface area contributed by atoms with E-state index in [4.69, 9.17) is 20.9 Å². The minimum absolute atomic E-state index is 0.0236. The lowest BCUT2D eigenvalue weighted by atomic mass is 9.83. The molecule has 0 unspecified atom stereocenters. The average Bonchev–Trinajstić information content (AvgIpc) is 3.66. The van der Waals surface area contributed by atoms with Crippen LogP contribution in [0.4, 0.5) is 0 Å². The number of furan rings is 1. The fourth-order valence-electron chi connectivity index (χ4n) is 6.91. The maximum absolute atomic E-state index is 9.51. The van der Waals surface area contributed by atoms with Crippen LogP contribution < -0.4 is 0 Å². The van der Waals surface area contributed by atoms with Gasteiger partial charge in [0.05, 0.1) is 19.2 Å². The summed E-state index contributed by atoms with van der Waals surface area (Å²) in [6.07, 6.45) is 0. The molecule has 0 radical (unpaired) electrons. The van der Waals surface area contributed by atoms with Crippen LogP contribution in [0.1, 0.15) is 19.2 Å². The van der Waals surface area contributed by atoms with Crippen molar-refractivity contribution in [1.29, 1.82) is 0 Å². The smallest absolute Gasteiger partial charge is 0.143 e. The van der Waals surface area contributed by atoms with Crippen LogP contribution in [-0.4, -0.2) is 0 Å². The highest BCUT2D eigenvalue weighted by molar-refractivity contribution is 6.27. The van der Waals surface area contributed by atoms with Crippen LogP contribution in [0.3, 0.4) is 0 Å². The predicted octanol–water partition coefficient (Wildman–Crippen LogP) is 13.2. The van der Waals surface area contributed by atoms with Gasteiger partial charge in [-0.05, 0) is 95.3 Å². The van der Waals surface area contributed by atoms with E-state index >= 15 is 0 Å². The van der Waals surface area contributed by atoms with Crippen molar-refractivity contribution in [2.75, 3.05) is 0 Å². The normalized spacial score (nSPS) is 16.0. The zero-order valence-corrected chi connectivity index (χ0v) is 24.5. The van der Waals surface area contributed by atoms with E-state index < -0.39 is 66.5 Å². The zero-order chi connectivity index (χ0) is 43.1. The van der Waals surface area contributed by atoms with Gasteiger partial charge in [-0.15, -0.1) is 0 Å². The Labute approximate surface area is 291 Å². The van der Waals surface area contributed by atoms with Crippen LogP contribution in [0.25, 0.3) is 98.4 Å². The van der Waals surface area contributed by atoms with E-state index in [2.05, 4.69) is 0 Å². The monoisotopic (exact) mass is 610 g/mol. The third kappa shape index (κ3) is 3.90. The van der Waals surface area contributed by atoms with Gasteiger partial charge in [-0.1, -0.05) is 145 Å². The van der Waals surface area contributed by atoms with Crippen LogP contribution in [0, 0.1) is 0 Å². The Morgan fingerprint density at radius 3 is 1.83 bits per heavy atom. The first-order valence-electron chi connectivity index (χ1n) is 22.0. The molecule has 1 heteroatoms. The third-order valence-electron chi connectivity index (χ3n) is 8.85. The van der Waals surface area contributed by atoms with Crippen molar-refractivity contribution in [3.8, 4) is 33.4 Å². The highest BCUT2D eigenvalue weighted by atomic mass is 16.3. The second-order valence-corrected chi connectivity index (χ2v) is 11.3. The van der Waals surface area contributed by atoms with Gasteiger partial charge in [0.15, 0.2) is 0 Å². The number of hydrogen-bond donors (Lipinski definition) is 0. The number of benzene rings is 9. The number of fused-ring (bicyclic) bond motifs is 8. The van der Waals surface area contributed by atoms with Gasteiger partial charge < -0.3 is 4.42 Å². The maximum atomic E-state index is 9.51. The Balaban J connectivity index is 1.38. The summed E-state index contributed by atoms with van der Waals surface area (Å²) in [5.74, 6) is 0. The lowest BCUT2D eigenvalue weighted by molar-refractivity contribution is 0.673. The van der Waals surface area contributed by atoms with E-state index in [1.807, 2.05) is 84.9 Å². The quantitative estimate of drug-likeness (QED) is 0.181. The highest BCUT2D eigenvalue weighted by Crippen LogP contribution is 2.48. The number of rotatable bonds is 3. The van der Waals surface area contributed by atoms with Gasteiger partial charge in [0.2, 0.25) is 0 Å². The van der Waals surface area contributed by atoms with E-state index in [0.717, 1.165) is 10.9 Å². The van der Waals surface area contributed by atoms with Crippen molar-refractivity contribution in [2.45, 2.75) is 0 Å². The summed E-state index contributed by atoms with van der Waals surface area (Å²) in [7, 11) is 0. The Morgan fingerprint density at radius 1 is 0.404 bits per heavy atom. The molecule has 0 saturated heterocycles. The molecule has 1 aromatic heterocycles. The van der Waals surface area contributed by atoms with Crippen LogP contribution in [-0.2, 0) is 0 Å². The highest BCUT2D eigenvalue weighted by Gasteiger charge is 2.21. The van der Waals surface area contributed by atoms with Crippen molar-refractivity contribution >= 4 is 65.0 Å². The summed E-state index contributed by atoms with van der Waals surface area (Å²) in [5.41, 5.74) is 2.17. The van der Waals surface area contributed by atoms with E-state index in [0.29, 0.717) is 43.6 Å². The minimum Gasteiger partial charge on any atom is -0.455 e. The van der Waals surface area contributed by atoms with E-state index in [1.165, 1.54) is 0 Å². The fraction of sp³-hybridized carbons (Fsp3) is 0. The Bertz CT molecular complexity index is 3560. The molecule has 218 valence electrons. The average molecular weight is 611 g/mol. The largest absolute Gasteiger partial charge is 0.455 e. The molecule has 9 aromatic carbocycles. The van der Waals surface area contributed by atoms with Gasteiger partial charge in [0.25, 0.3) is 0 Å². The van der Waals surface area contributed by atoms with Gasteiger partial charge in [0.1, 0.15) is 11.2 Å².